The summed E-state index contributed by atoms with van der Waals surface area (Å²) in [6.45, 7) is 6.95. The molecule has 0 radical (unpaired) electrons. The van der Waals surface area contributed by atoms with E-state index in [1.165, 1.54) is 12.8 Å². The number of likely N-dealkylation sites (tertiary alicyclic amines) is 1. The molecule has 0 aliphatic carbocycles. The van der Waals surface area contributed by atoms with Gasteiger partial charge in [0.05, 0.1) is 5.92 Å². The van der Waals surface area contributed by atoms with Crippen LogP contribution in [-0.4, -0.2) is 56.2 Å². The SMILES string of the molecule is CC1CCN(CCCNC(=O)C2CC(=O)N(c3ccc4c(c3)OCO4)C2)CC1. The number of carbonyl (C=O) groups excluding carboxylic acids is 2. The van der Waals surface area contributed by atoms with Crippen LogP contribution in [0.15, 0.2) is 18.2 Å². The zero-order valence-corrected chi connectivity index (χ0v) is 16.5. The Bertz CT molecular complexity index is 730. The molecule has 1 atom stereocenters. The van der Waals surface area contributed by atoms with Gasteiger partial charge in [0.15, 0.2) is 11.5 Å². The highest BCUT2D eigenvalue weighted by atomic mass is 16.7. The number of hydrogen-bond donors (Lipinski definition) is 1. The first-order valence-corrected chi connectivity index (χ1v) is 10.3. The van der Waals surface area contributed by atoms with Gasteiger partial charge in [-0.1, -0.05) is 6.92 Å². The first-order valence-electron chi connectivity index (χ1n) is 10.3. The Morgan fingerprint density at radius 3 is 2.82 bits per heavy atom. The summed E-state index contributed by atoms with van der Waals surface area (Å²) in [5.74, 6) is 1.82. The summed E-state index contributed by atoms with van der Waals surface area (Å²) in [4.78, 5) is 29.1. The second kappa shape index (κ2) is 8.39. The van der Waals surface area contributed by atoms with Gasteiger partial charge < -0.3 is 24.6 Å². The second-order valence-corrected chi connectivity index (χ2v) is 8.11. The van der Waals surface area contributed by atoms with E-state index < -0.39 is 0 Å². The summed E-state index contributed by atoms with van der Waals surface area (Å²) in [6.07, 6.45) is 3.75. The van der Waals surface area contributed by atoms with Crippen LogP contribution in [0.2, 0.25) is 0 Å². The van der Waals surface area contributed by atoms with Gasteiger partial charge in [-0.3, -0.25) is 9.59 Å². The van der Waals surface area contributed by atoms with Crippen LogP contribution in [0.3, 0.4) is 0 Å². The Morgan fingerprint density at radius 2 is 2.00 bits per heavy atom. The number of nitrogens with zero attached hydrogens (tertiary/aromatic N) is 2. The lowest BCUT2D eigenvalue weighted by atomic mass is 9.99. The molecular formula is C21H29N3O4. The average molecular weight is 387 g/mol. The van der Waals surface area contributed by atoms with Gasteiger partial charge in [0.25, 0.3) is 0 Å². The monoisotopic (exact) mass is 387 g/mol. The van der Waals surface area contributed by atoms with Gasteiger partial charge in [-0.05, 0) is 56.9 Å². The van der Waals surface area contributed by atoms with Crippen molar-refractivity contribution in [3.05, 3.63) is 18.2 Å². The number of piperidine rings is 1. The molecule has 3 aliphatic rings. The molecule has 1 N–H and O–H groups in total. The topological polar surface area (TPSA) is 71.1 Å². The first-order chi connectivity index (χ1) is 13.6. The van der Waals surface area contributed by atoms with Crippen LogP contribution in [0.1, 0.15) is 32.6 Å². The van der Waals surface area contributed by atoms with E-state index in [-0.39, 0.29) is 30.9 Å². The smallest absolute Gasteiger partial charge is 0.231 e. The number of anilines is 1. The van der Waals surface area contributed by atoms with Crippen LogP contribution in [0, 0.1) is 11.8 Å². The third-order valence-corrected chi connectivity index (χ3v) is 5.99. The average Bonchev–Trinajstić information content (AvgIpc) is 3.32. The lowest BCUT2D eigenvalue weighted by molar-refractivity contribution is -0.126. The van der Waals surface area contributed by atoms with E-state index in [2.05, 4.69) is 17.1 Å². The van der Waals surface area contributed by atoms with E-state index in [0.29, 0.717) is 24.6 Å². The third-order valence-electron chi connectivity index (χ3n) is 5.99. The molecule has 4 rings (SSSR count). The van der Waals surface area contributed by atoms with Crippen molar-refractivity contribution in [2.75, 3.05) is 44.4 Å². The van der Waals surface area contributed by atoms with E-state index in [9.17, 15) is 9.59 Å². The summed E-state index contributed by atoms with van der Waals surface area (Å²) in [5, 5.41) is 3.02. The number of benzene rings is 1. The molecule has 1 aromatic carbocycles. The van der Waals surface area contributed by atoms with Crippen molar-refractivity contribution in [3.8, 4) is 11.5 Å². The van der Waals surface area contributed by atoms with E-state index in [1.54, 1.807) is 17.0 Å². The molecule has 2 saturated heterocycles. The van der Waals surface area contributed by atoms with Gasteiger partial charge in [-0.15, -0.1) is 0 Å². The molecule has 28 heavy (non-hydrogen) atoms. The molecule has 7 nitrogen and oxygen atoms in total. The van der Waals surface area contributed by atoms with E-state index in [4.69, 9.17) is 9.47 Å². The van der Waals surface area contributed by atoms with Crippen molar-refractivity contribution in [3.63, 3.8) is 0 Å². The fourth-order valence-corrected chi connectivity index (χ4v) is 4.13. The number of nitrogens with one attached hydrogen (secondary N) is 1. The van der Waals surface area contributed by atoms with Crippen molar-refractivity contribution in [2.45, 2.75) is 32.6 Å². The maximum absolute atomic E-state index is 12.5. The van der Waals surface area contributed by atoms with Crippen LogP contribution in [0.5, 0.6) is 11.5 Å². The summed E-state index contributed by atoms with van der Waals surface area (Å²) in [6, 6.07) is 5.45. The molecule has 0 saturated carbocycles. The lowest BCUT2D eigenvalue weighted by Gasteiger charge is -2.30. The number of carbonyl (C=O) groups is 2. The summed E-state index contributed by atoms with van der Waals surface area (Å²) >= 11 is 0. The normalized spacial score (nSPS) is 22.7. The molecule has 0 bridgehead atoms. The minimum absolute atomic E-state index is 0.0242. The Balaban J connectivity index is 1.23. The molecule has 3 aliphatic heterocycles. The maximum atomic E-state index is 12.5. The van der Waals surface area contributed by atoms with Gasteiger partial charge in [-0.25, -0.2) is 0 Å². The predicted molar refractivity (Wildman–Crippen MR) is 105 cm³/mol. The van der Waals surface area contributed by atoms with Crippen LogP contribution in [0.4, 0.5) is 5.69 Å². The van der Waals surface area contributed by atoms with Crippen molar-refractivity contribution >= 4 is 17.5 Å². The zero-order valence-electron chi connectivity index (χ0n) is 16.5. The van der Waals surface area contributed by atoms with Gasteiger partial charge in [0, 0.05) is 31.3 Å². The Hall–Kier alpha value is -2.28. The number of hydrogen-bond acceptors (Lipinski definition) is 5. The molecule has 0 spiro atoms. The van der Waals surface area contributed by atoms with Gasteiger partial charge in [-0.2, -0.15) is 0 Å². The fraction of sp³-hybridized carbons (Fsp3) is 0.619. The third kappa shape index (κ3) is 4.24. The summed E-state index contributed by atoms with van der Waals surface area (Å²) in [7, 11) is 0. The minimum atomic E-state index is -0.297. The van der Waals surface area contributed by atoms with Crippen LogP contribution >= 0.6 is 0 Å². The summed E-state index contributed by atoms with van der Waals surface area (Å²) < 4.78 is 10.7. The number of fused-ring (bicyclic) bond motifs is 1. The fourth-order valence-electron chi connectivity index (χ4n) is 4.13. The molecule has 1 unspecified atom stereocenters. The van der Waals surface area contributed by atoms with E-state index in [1.807, 2.05) is 6.07 Å². The van der Waals surface area contributed by atoms with Crippen molar-refractivity contribution in [1.29, 1.82) is 0 Å². The highest BCUT2D eigenvalue weighted by Gasteiger charge is 2.35. The minimum Gasteiger partial charge on any atom is -0.454 e. The van der Waals surface area contributed by atoms with Gasteiger partial charge in [0.1, 0.15) is 0 Å². The maximum Gasteiger partial charge on any atom is 0.231 e. The molecule has 3 heterocycles. The van der Waals surface area contributed by atoms with Crippen molar-refractivity contribution in [2.24, 2.45) is 11.8 Å². The van der Waals surface area contributed by atoms with E-state index >= 15 is 0 Å². The van der Waals surface area contributed by atoms with Crippen molar-refractivity contribution < 1.29 is 19.1 Å². The Morgan fingerprint density at radius 1 is 1.21 bits per heavy atom. The van der Waals surface area contributed by atoms with Crippen LogP contribution in [0.25, 0.3) is 0 Å². The summed E-state index contributed by atoms with van der Waals surface area (Å²) in [5.41, 5.74) is 0.754. The first kappa shape index (κ1) is 19.1. The van der Waals surface area contributed by atoms with Crippen molar-refractivity contribution in [1.82, 2.24) is 10.2 Å². The molecule has 2 amide bonds. The van der Waals surface area contributed by atoms with Gasteiger partial charge >= 0.3 is 0 Å². The molecule has 1 aromatic rings. The van der Waals surface area contributed by atoms with Crippen LogP contribution in [-0.2, 0) is 9.59 Å². The number of ether oxygens (including phenoxy) is 2. The predicted octanol–water partition coefficient (Wildman–Crippen LogP) is 2.01. The standard InChI is InChI=1S/C21H29N3O4/c1-15-5-9-23(10-6-15)8-2-7-22-21(26)16-11-20(25)24(13-16)17-3-4-18-19(12-17)28-14-27-18/h3-4,12,15-16H,2,5-11,13-14H2,1H3,(H,22,26). The Labute approximate surface area is 166 Å². The quantitative estimate of drug-likeness (QED) is 0.756. The lowest BCUT2D eigenvalue weighted by Crippen LogP contribution is -2.37. The molecule has 7 heteroatoms. The largest absolute Gasteiger partial charge is 0.454 e. The zero-order chi connectivity index (χ0) is 19.5. The molecule has 2 fully saturated rings. The number of amides is 2. The highest BCUT2D eigenvalue weighted by molar-refractivity contribution is 6.00. The van der Waals surface area contributed by atoms with Crippen LogP contribution < -0.4 is 19.7 Å². The molecule has 152 valence electrons. The van der Waals surface area contributed by atoms with Gasteiger partial charge in [0.2, 0.25) is 18.6 Å². The second-order valence-electron chi connectivity index (χ2n) is 8.11. The number of rotatable bonds is 6. The molecular weight excluding hydrogens is 358 g/mol. The highest BCUT2D eigenvalue weighted by Crippen LogP contribution is 2.37. The molecule has 0 aromatic heterocycles. The van der Waals surface area contributed by atoms with E-state index in [0.717, 1.165) is 37.7 Å². The Kier molecular flexibility index (Phi) is 5.71.